The zero-order valence-corrected chi connectivity index (χ0v) is 14.8. The maximum atomic E-state index is 12.6. The van der Waals surface area contributed by atoms with Crippen LogP contribution in [0.3, 0.4) is 0 Å². The molecule has 26 heavy (non-hydrogen) atoms. The molecule has 132 valence electrons. The van der Waals surface area contributed by atoms with Gasteiger partial charge in [-0.05, 0) is 29.3 Å². The summed E-state index contributed by atoms with van der Waals surface area (Å²) in [7, 11) is -4.05. The number of hydrogen-bond donors (Lipinski definition) is 2. The number of nitrogens with zero attached hydrogens (tertiary/aromatic N) is 1. The third-order valence-electron chi connectivity index (χ3n) is 3.59. The molecule has 0 saturated heterocycles. The Morgan fingerprint density at radius 2 is 1.73 bits per heavy atom. The zero-order chi connectivity index (χ0) is 18.7. The van der Waals surface area contributed by atoms with Gasteiger partial charge in [-0.1, -0.05) is 48.0 Å². The number of nitrogens with one attached hydrogen (secondary N) is 1. The first-order valence-electron chi connectivity index (χ1n) is 7.43. The summed E-state index contributed by atoms with van der Waals surface area (Å²) >= 11 is 5.79. The molecule has 0 radical (unpaired) electrons. The van der Waals surface area contributed by atoms with Crippen LogP contribution < -0.4 is 4.72 Å². The smallest absolute Gasteiger partial charge is 0.337 e. The molecular formula is C18H13ClN2O4S. The van der Waals surface area contributed by atoms with Crippen molar-refractivity contribution in [2.45, 2.75) is 4.90 Å². The highest BCUT2D eigenvalue weighted by molar-refractivity contribution is 7.92. The Hall–Kier alpha value is -2.90. The second-order valence-electron chi connectivity index (χ2n) is 5.38. The number of benzene rings is 2. The lowest BCUT2D eigenvalue weighted by Gasteiger charge is -2.12. The summed E-state index contributed by atoms with van der Waals surface area (Å²) in [6.07, 6.45) is 2.44. The fourth-order valence-electron chi connectivity index (χ4n) is 2.37. The van der Waals surface area contributed by atoms with E-state index in [4.69, 9.17) is 11.6 Å². The average Bonchev–Trinajstić information content (AvgIpc) is 2.62. The van der Waals surface area contributed by atoms with Crippen molar-refractivity contribution in [3.8, 4) is 11.1 Å². The number of carbonyl (C=O) groups is 1. The quantitative estimate of drug-likeness (QED) is 0.690. The highest BCUT2D eigenvalue weighted by Gasteiger charge is 2.20. The van der Waals surface area contributed by atoms with Gasteiger partial charge in [-0.3, -0.25) is 9.71 Å². The minimum absolute atomic E-state index is 0.0428. The van der Waals surface area contributed by atoms with Gasteiger partial charge < -0.3 is 5.11 Å². The van der Waals surface area contributed by atoms with Crippen LogP contribution in [0.1, 0.15) is 10.4 Å². The van der Waals surface area contributed by atoms with Gasteiger partial charge in [-0.25, -0.2) is 13.2 Å². The Bertz CT molecular complexity index is 1070. The summed E-state index contributed by atoms with van der Waals surface area (Å²) in [5, 5.41) is 9.53. The Kier molecular flexibility index (Phi) is 4.92. The van der Waals surface area contributed by atoms with Crippen LogP contribution in [0, 0.1) is 0 Å². The van der Waals surface area contributed by atoms with Gasteiger partial charge in [0, 0.05) is 12.4 Å². The highest BCUT2D eigenvalue weighted by Crippen LogP contribution is 2.28. The summed E-state index contributed by atoms with van der Waals surface area (Å²) in [5.41, 5.74) is 1.30. The molecule has 0 aliphatic rings. The summed E-state index contributed by atoms with van der Waals surface area (Å²) in [5.74, 6) is -1.24. The largest absolute Gasteiger partial charge is 0.478 e. The molecule has 0 saturated carbocycles. The second kappa shape index (κ2) is 7.15. The molecule has 1 heterocycles. The maximum absolute atomic E-state index is 12.6. The first kappa shape index (κ1) is 17.9. The Balaban J connectivity index is 2.06. The van der Waals surface area contributed by atoms with Crippen molar-refractivity contribution < 1.29 is 18.3 Å². The van der Waals surface area contributed by atoms with E-state index in [2.05, 4.69) is 9.71 Å². The number of carboxylic acid groups (broad SMARTS) is 1. The topological polar surface area (TPSA) is 96.4 Å². The van der Waals surface area contributed by atoms with Crippen LogP contribution in [-0.4, -0.2) is 24.5 Å². The van der Waals surface area contributed by atoms with E-state index in [-0.39, 0.29) is 21.2 Å². The van der Waals surface area contributed by atoms with E-state index in [1.807, 2.05) is 30.3 Å². The van der Waals surface area contributed by atoms with E-state index in [1.165, 1.54) is 24.4 Å². The number of carboxylic acids is 1. The predicted molar refractivity (Wildman–Crippen MR) is 98.9 cm³/mol. The third-order valence-corrected chi connectivity index (χ3v) is 5.13. The summed E-state index contributed by atoms with van der Waals surface area (Å²) < 4.78 is 27.5. The lowest BCUT2D eigenvalue weighted by Crippen LogP contribution is -2.16. The summed E-state index contributed by atoms with van der Waals surface area (Å²) in [6, 6.07) is 14.9. The molecule has 0 aliphatic carbocycles. The molecule has 0 bridgehead atoms. The van der Waals surface area contributed by atoms with Gasteiger partial charge in [0.1, 0.15) is 4.90 Å². The van der Waals surface area contributed by atoms with Crippen LogP contribution in [0.15, 0.2) is 71.9 Å². The summed E-state index contributed by atoms with van der Waals surface area (Å²) in [4.78, 5) is 15.1. The number of anilines is 1. The Morgan fingerprint density at radius 1 is 1.00 bits per heavy atom. The van der Waals surface area contributed by atoms with Crippen LogP contribution in [-0.2, 0) is 10.0 Å². The molecular weight excluding hydrogens is 376 g/mol. The van der Waals surface area contributed by atoms with Crippen molar-refractivity contribution >= 4 is 33.3 Å². The molecule has 0 fully saturated rings. The van der Waals surface area contributed by atoms with Crippen molar-refractivity contribution in [2.24, 2.45) is 0 Å². The van der Waals surface area contributed by atoms with E-state index in [0.717, 1.165) is 11.8 Å². The lowest BCUT2D eigenvalue weighted by atomic mass is 10.0. The molecule has 6 nitrogen and oxygen atoms in total. The van der Waals surface area contributed by atoms with Crippen LogP contribution in [0.5, 0.6) is 0 Å². The van der Waals surface area contributed by atoms with E-state index in [9.17, 15) is 18.3 Å². The minimum Gasteiger partial charge on any atom is -0.478 e. The fourth-order valence-corrected chi connectivity index (χ4v) is 3.66. The van der Waals surface area contributed by atoms with E-state index >= 15 is 0 Å². The summed E-state index contributed by atoms with van der Waals surface area (Å²) in [6.45, 7) is 0. The Morgan fingerprint density at radius 3 is 2.38 bits per heavy atom. The number of rotatable bonds is 5. The Labute approximate surface area is 155 Å². The van der Waals surface area contributed by atoms with Crippen molar-refractivity contribution in [1.29, 1.82) is 0 Å². The molecule has 8 heteroatoms. The van der Waals surface area contributed by atoms with Crippen molar-refractivity contribution in [3.63, 3.8) is 0 Å². The van der Waals surface area contributed by atoms with Gasteiger partial charge in [0.05, 0.1) is 16.3 Å². The number of pyridine rings is 1. The van der Waals surface area contributed by atoms with Crippen molar-refractivity contribution in [1.82, 2.24) is 4.98 Å². The first-order valence-corrected chi connectivity index (χ1v) is 9.29. The number of aromatic nitrogens is 1. The predicted octanol–water partition coefficient (Wildman–Crippen LogP) is 3.90. The van der Waals surface area contributed by atoms with Gasteiger partial charge in [0.15, 0.2) is 0 Å². The van der Waals surface area contributed by atoms with Gasteiger partial charge in [-0.15, -0.1) is 0 Å². The number of sulfonamides is 1. The van der Waals surface area contributed by atoms with E-state index in [1.54, 1.807) is 6.07 Å². The molecule has 0 spiro atoms. The monoisotopic (exact) mass is 388 g/mol. The highest BCUT2D eigenvalue weighted by atomic mass is 35.5. The second-order valence-corrected chi connectivity index (χ2v) is 7.49. The normalized spacial score (nSPS) is 11.1. The van der Waals surface area contributed by atoms with E-state index < -0.39 is 16.0 Å². The molecule has 0 amide bonds. The first-order chi connectivity index (χ1) is 12.4. The molecule has 0 aliphatic heterocycles. The average molecular weight is 389 g/mol. The molecule has 0 atom stereocenters. The van der Waals surface area contributed by atoms with Crippen molar-refractivity contribution in [3.05, 3.63) is 77.6 Å². The fraction of sp³-hybridized carbons (Fsp3) is 0. The van der Waals surface area contributed by atoms with Crippen LogP contribution in [0.25, 0.3) is 11.1 Å². The zero-order valence-electron chi connectivity index (χ0n) is 13.3. The lowest BCUT2D eigenvalue weighted by molar-refractivity contribution is 0.0698. The van der Waals surface area contributed by atoms with Gasteiger partial charge >= 0.3 is 5.97 Å². The molecule has 3 rings (SSSR count). The number of hydrogen-bond acceptors (Lipinski definition) is 4. The van der Waals surface area contributed by atoms with Gasteiger partial charge in [0.2, 0.25) is 0 Å². The van der Waals surface area contributed by atoms with Crippen LogP contribution in [0.2, 0.25) is 5.02 Å². The van der Waals surface area contributed by atoms with Crippen LogP contribution in [0.4, 0.5) is 5.69 Å². The third kappa shape index (κ3) is 3.84. The number of aromatic carboxylic acids is 1. The molecule has 1 aromatic heterocycles. The standard InChI is InChI=1S/C18H13ClN2O4S/c19-14-9-15(11-20-10-14)26(24,25)21-17-8-13(6-7-16(17)18(22)23)12-4-2-1-3-5-12/h1-11,21H,(H,22,23). The van der Waals surface area contributed by atoms with Crippen LogP contribution >= 0.6 is 11.6 Å². The maximum Gasteiger partial charge on any atom is 0.337 e. The number of halogens is 1. The SMILES string of the molecule is O=C(O)c1ccc(-c2ccccc2)cc1NS(=O)(=O)c1cncc(Cl)c1. The molecule has 2 aromatic carbocycles. The van der Waals surface area contributed by atoms with Gasteiger partial charge in [-0.2, -0.15) is 0 Å². The molecule has 2 N–H and O–H groups in total. The van der Waals surface area contributed by atoms with E-state index in [0.29, 0.717) is 5.56 Å². The molecule has 0 unspecified atom stereocenters. The molecule has 3 aromatic rings. The minimum atomic E-state index is -4.05. The van der Waals surface area contributed by atoms with Gasteiger partial charge in [0.25, 0.3) is 10.0 Å². The van der Waals surface area contributed by atoms with Crippen molar-refractivity contribution in [2.75, 3.05) is 4.72 Å².